The summed E-state index contributed by atoms with van der Waals surface area (Å²) in [4.78, 5) is 12.0. The fraction of sp³-hybridized carbons (Fsp3) is 0.500. The van der Waals surface area contributed by atoms with Crippen LogP contribution in [0.3, 0.4) is 0 Å². The molecule has 0 atom stereocenters. The van der Waals surface area contributed by atoms with Gasteiger partial charge in [0.05, 0.1) is 11.1 Å². The number of hydrogen-bond acceptors (Lipinski definition) is 5. The third-order valence-corrected chi connectivity index (χ3v) is 5.54. The summed E-state index contributed by atoms with van der Waals surface area (Å²) >= 11 is 4.95. The van der Waals surface area contributed by atoms with Crippen molar-refractivity contribution >= 4 is 38.3 Å². The molecule has 7 heteroatoms. The molecule has 0 saturated carbocycles. The van der Waals surface area contributed by atoms with E-state index < -0.39 is 0 Å². The lowest BCUT2D eigenvalue weighted by Gasteiger charge is -2.08. The Kier molecular flexibility index (Phi) is 7.84. The van der Waals surface area contributed by atoms with E-state index in [4.69, 9.17) is 4.74 Å². The van der Waals surface area contributed by atoms with Gasteiger partial charge in [-0.2, -0.15) is 0 Å². The van der Waals surface area contributed by atoms with Crippen LogP contribution in [-0.4, -0.2) is 22.7 Å². The van der Waals surface area contributed by atoms with Gasteiger partial charge in [0.2, 0.25) is 11.0 Å². The Bertz CT molecular complexity index is 701. The maximum absolute atomic E-state index is 12.0. The zero-order valence-electron chi connectivity index (χ0n) is 14.8. The van der Waals surface area contributed by atoms with E-state index >= 15 is 0 Å². The SMILES string of the molecule is CCC(CC)c1nnc(NC(=O)CCCOc2ccc(C)cc2Br)s1. The Morgan fingerprint density at radius 3 is 2.76 bits per heavy atom. The van der Waals surface area contributed by atoms with Gasteiger partial charge in [0.1, 0.15) is 10.8 Å². The van der Waals surface area contributed by atoms with Crippen LogP contribution in [0.5, 0.6) is 5.75 Å². The van der Waals surface area contributed by atoms with E-state index in [1.807, 2.05) is 25.1 Å². The van der Waals surface area contributed by atoms with Gasteiger partial charge in [0.25, 0.3) is 0 Å². The molecule has 0 spiro atoms. The van der Waals surface area contributed by atoms with Gasteiger partial charge in [-0.1, -0.05) is 31.3 Å². The van der Waals surface area contributed by atoms with Crippen molar-refractivity contribution < 1.29 is 9.53 Å². The molecule has 5 nitrogen and oxygen atoms in total. The van der Waals surface area contributed by atoms with Gasteiger partial charge < -0.3 is 10.1 Å². The van der Waals surface area contributed by atoms with Crippen LogP contribution in [0.2, 0.25) is 0 Å². The number of halogens is 1. The zero-order chi connectivity index (χ0) is 18.2. The molecule has 0 radical (unpaired) electrons. The molecule has 1 heterocycles. The number of amides is 1. The van der Waals surface area contributed by atoms with Crippen molar-refractivity contribution in [3.63, 3.8) is 0 Å². The van der Waals surface area contributed by atoms with Crippen LogP contribution in [0.25, 0.3) is 0 Å². The molecule has 1 N–H and O–H groups in total. The topological polar surface area (TPSA) is 64.1 Å². The lowest BCUT2D eigenvalue weighted by atomic mass is 10.1. The Hall–Kier alpha value is -1.47. The number of carbonyl (C=O) groups excluding carboxylic acids is 1. The van der Waals surface area contributed by atoms with E-state index in [9.17, 15) is 4.79 Å². The minimum Gasteiger partial charge on any atom is -0.492 e. The fourth-order valence-electron chi connectivity index (χ4n) is 2.41. The van der Waals surface area contributed by atoms with Crippen molar-refractivity contribution in [3.8, 4) is 5.75 Å². The van der Waals surface area contributed by atoms with Crippen LogP contribution in [-0.2, 0) is 4.79 Å². The maximum Gasteiger partial charge on any atom is 0.226 e. The van der Waals surface area contributed by atoms with Gasteiger partial charge in [-0.15, -0.1) is 10.2 Å². The van der Waals surface area contributed by atoms with Gasteiger partial charge >= 0.3 is 0 Å². The second kappa shape index (κ2) is 9.87. The molecule has 1 aromatic heterocycles. The van der Waals surface area contributed by atoms with Crippen LogP contribution < -0.4 is 10.1 Å². The van der Waals surface area contributed by atoms with E-state index in [2.05, 4.69) is 45.3 Å². The fourth-order valence-corrected chi connectivity index (χ4v) is 4.04. The highest BCUT2D eigenvalue weighted by atomic mass is 79.9. The molecule has 2 aromatic rings. The first-order valence-electron chi connectivity index (χ1n) is 8.55. The molecule has 1 amide bonds. The van der Waals surface area contributed by atoms with Gasteiger partial charge in [-0.3, -0.25) is 4.79 Å². The van der Waals surface area contributed by atoms with Gasteiger partial charge in [-0.25, -0.2) is 0 Å². The Morgan fingerprint density at radius 2 is 2.08 bits per heavy atom. The number of hydrogen-bond donors (Lipinski definition) is 1. The largest absolute Gasteiger partial charge is 0.492 e. The van der Waals surface area contributed by atoms with E-state index in [1.54, 1.807) is 0 Å². The number of benzene rings is 1. The van der Waals surface area contributed by atoms with Gasteiger partial charge in [0.15, 0.2) is 0 Å². The minimum atomic E-state index is -0.0566. The number of ether oxygens (including phenoxy) is 1. The second-order valence-corrected chi connectivity index (χ2v) is 7.76. The third-order valence-electron chi connectivity index (χ3n) is 3.91. The molecule has 0 bridgehead atoms. The number of rotatable bonds is 9. The number of anilines is 1. The predicted octanol–water partition coefficient (Wildman–Crippen LogP) is 5.31. The lowest BCUT2D eigenvalue weighted by molar-refractivity contribution is -0.116. The van der Waals surface area contributed by atoms with Crippen molar-refractivity contribution in [2.75, 3.05) is 11.9 Å². The normalized spacial score (nSPS) is 10.9. The first-order valence-corrected chi connectivity index (χ1v) is 10.2. The molecule has 0 aliphatic rings. The highest BCUT2D eigenvalue weighted by Crippen LogP contribution is 2.28. The van der Waals surface area contributed by atoms with E-state index in [-0.39, 0.29) is 5.91 Å². The second-order valence-electron chi connectivity index (χ2n) is 5.89. The Labute approximate surface area is 161 Å². The van der Waals surface area contributed by atoms with Crippen LogP contribution in [0.15, 0.2) is 22.7 Å². The molecule has 0 unspecified atom stereocenters. The summed E-state index contributed by atoms with van der Waals surface area (Å²) in [7, 11) is 0. The summed E-state index contributed by atoms with van der Waals surface area (Å²) in [5.74, 6) is 1.16. The summed E-state index contributed by atoms with van der Waals surface area (Å²) in [6.45, 7) is 6.80. The van der Waals surface area contributed by atoms with E-state index in [1.165, 1.54) is 16.9 Å². The van der Waals surface area contributed by atoms with Gasteiger partial charge in [0, 0.05) is 12.3 Å². The molecule has 1 aromatic carbocycles. The standard InChI is InChI=1S/C18H24BrN3O2S/c1-4-13(5-2)17-21-22-18(25-17)20-16(23)7-6-10-24-15-9-8-12(3)11-14(15)19/h8-9,11,13H,4-7,10H2,1-3H3,(H,20,22,23). The van der Waals surface area contributed by atoms with Crippen molar-refractivity contribution in [3.05, 3.63) is 33.2 Å². The smallest absolute Gasteiger partial charge is 0.226 e. The summed E-state index contributed by atoms with van der Waals surface area (Å²) in [6, 6.07) is 5.94. The van der Waals surface area contributed by atoms with Crippen LogP contribution >= 0.6 is 27.3 Å². The number of nitrogens with zero attached hydrogens (tertiary/aromatic N) is 2. The number of carbonyl (C=O) groups is 1. The average molecular weight is 426 g/mol. The van der Waals surface area contributed by atoms with E-state index in [0.717, 1.165) is 28.1 Å². The molecule has 25 heavy (non-hydrogen) atoms. The molecule has 2 rings (SSSR count). The molecule has 0 saturated heterocycles. The monoisotopic (exact) mass is 425 g/mol. The molecular weight excluding hydrogens is 402 g/mol. The zero-order valence-corrected chi connectivity index (χ0v) is 17.2. The quantitative estimate of drug-likeness (QED) is 0.552. The molecule has 0 aliphatic heterocycles. The number of aromatic nitrogens is 2. The highest BCUT2D eigenvalue weighted by molar-refractivity contribution is 9.10. The Balaban J connectivity index is 1.74. The molecule has 136 valence electrons. The van der Waals surface area contributed by atoms with Crippen molar-refractivity contribution in [1.82, 2.24) is 10.2 Å². The predicted molar refractivity (Wildman–Crippen MR) is 105 cm³/mol. The maximum atomic E-state index is 12.0. The summed E-state index contributed by atoms with van der Waals surface area (Å²) < 4.78 is 6.64. The van der Waals surface area contributed by atoms with Gasteiger partial charge in [-0.05, 0) is 59.8 Å². The lowest BCUT2D eigenvalue weighted by Crippen LogP contribution is -2.12. The van der Waals surface area contributed by atoms with Crippen molar-refractivity contribution in [2.24, 2.45) is 0 Å². The molecule has 0 aliphatic carbocycles. The van der Waals surface area contributed by atoms with Crippen molar-refractivity contribution in [2.45, 2.75) is 52.4 Å². The third kappa shape index (κ3) is 6.08. The van der Waals surface area contributed by atoms with Crippen molar-refractivity contribution in [1.29, 1.82) is 0 Å². The number of nitrogens with one attached hydrogen (secondary N) is 1. The summed E-state index contributed by atoms with van der Waals surface area (Å²) in [5, 5.41) is 12.7. The van der Waals surface area contributed by atoms with E-state index in [0.29, 0.717) is 30.5 Å². The summed E-state index contributed by atoms with van der Waals surface area (Å²) in [5.41, 5.74) is 1.17. The Morgan fingerprint density at radius 1 is 1.32 bits per heavy atom. The number of aryl methyl sites for hydroxylation is 1. The van der Waals surface area contributed by atoms with Crippen LogP contribution in [0.4, 0.5) is 5.13 Å². The first-order chi connectivity index (χ1) is 12.0. The average Bonchev–Trinajstić information content (AvgIpc) is 3.02. The summed E-state index contributed by atoms with van der Waals surface area (Å²) in [6.07, 6.45) is 3.10. The highest BCUT2D eigenvalue weighted by Gasteiger charge is 2.14. The van der Waals surface area contributed by atoms with Crippen LogP contribution in [0.1, 0.15) is 56.0 Å². The first kappa shape index (κ1) is 19.8. The van der Waals surface area contributed by atoms with Crippen LogP contribution in [0, 0.1) is 6.92 Å². The minimum absolute atomic E-state index is 0.0566. The molecule has 0 fully saturated rings. The molecular formula is C18H24BrN3O2S.